The third-order valence-corrected chi connectivity index (χ3v) is 4.74. The number of amides is 2. The molecule has 1 N–H and O–H groups in total. The summed E-state index contributed by atoms with van der Waals surface area (Å²) in [7, 11) is 0. The fourth-order valence-corrected chi connectivity index (χ4v) is 2.98. The first-order chi connectivity index (χ1) is 12.8. The van der Waals surface area contributed by atoms with Gasteiger partial charge in [0.05, 0.1) is 5.69 Å². The van der Waals surface area contributed by atoms with Crippen molar-refractivity contribution >= 4 is 23.3 Å². The Morgan fingerprint density at radius 1 is 1.22 bits per heavy atom. The molecule has 148 valence electrons. The molecule has 1 aliphatic heterocycles. The van der Waals surface area contributed by atoms with Gasteiger partial charge in [-0.25, -0.2) is 0 Å². The largest absolute Gasteiger partial charge is 0.478 e. The fourth-order valence-electron chi connectivity index (χ4n) is 2.98. The number of hydrogen-bond acceptors (Lipinski definition) is 4. The Morgan fingerprint density at radius 3 is 2.52 bits per heavy atom. The van der Waals surface area contributed by atoms with E-state index in [1.807, 2.05) is 34.6 Å². The van der Waals surface area contributed by atoms with E-state index in [1.54, 1.807) is 18.2 Å². The van der Waals surface area contributed by atoms with E-state index in [0.717, 1.165) is 12.8 Å². The van der Waals surface area contributed by atoms with Gasteiger partial charge in [-0.3, -0.25) is 19.3 Å². The van der Waals surface area contributed by atoms with Gasteiger partial charge in [-0.2, -0.15) is 0 Å². The number of hydrogen-bond donors (Lipinski definition) is 1. The maximum absolute atomic E-state index is 13.0. The number of anilines is 1. The van der Waals surface area contributed by atoms with Crippen LogP contribution in [0.15, 0.2) is 18.2 Å². The standard InChI is InChI=1S/C21H30N2O4/c1-6-8-17(24)15-9-10-18-16(11-15)23(12-19(25)22-14(5)7-2)21(26)20(27-18)13(3)4/h9-11,13-14,20H,6-8,12H2,1-5H3,(H,22,25). The summed E-state index contributed by atoms with van der Waals surface area (Å²) in [5.41, 5.74) is 1.01. The van der Waals surface area contributed by atoms with Crippen LogP contribution in [0.2, 0.25) is 0 Å². The Kier molecular flexibility index (Phi) is 6.99. The quantitative estimate of drug-likeness (QED) is 0.708. The normalized spacial score (nSPS) is 17.3. The predicted octanol–water partition coefficient (Wildman–Crippen LogP) is 3.33. The number of carbonyl (C=O) groups is 3. The average molecular weight is 374 g/mol. The third kappa shape index (κ3) is 4.87. The lowest BCUT2D eigenvalue weighted by molar-refractivity contribution is -0.130. The molecule has 2 rings (SSSR count). The van der Waals surface area contributed by atoms with E-state index in [1.165, 1.54) is 4.90 Å². The molecule has 0 bridgehead atoms. The number of benzene rings is 1. The zero-order valence-corrected chi connectivity index (χ0v) is 16.9. The first kappa shape index (κ1) is 20.9. The van der Waals surface area contributed by atoms with Crippen molar-refractivity contribution in [1.29, 1.82) is 0 Å². The van der Waals surface area contributed by atoms with Crippen LogP contribution in [0.5, 0.6) is 5.75 Å². The summed E-state index contributed by atoms with van der Waals surface area (Å²) in [5.74, 6) is 0.0304. The van der Waals surface area contributed by atoms with Gasteiger partial charge >= 0.3 is 0 Å². The fraction of sp³-hybridized carbons (Fsp3) is 0.571. The van der Waals surface area contributed by atoms with E-state index in [2.05, 4.69) is 5.32 Å². The topological polar surface area (TPSA) is 75.7 Å². The van der Waals surface area contributed by atoms with Crippen LogP contribution < -0.4 is 15.0 Å². The molecule has 0 fully saturated rings. The number of rotatable bonds is 8. The van der Waals surface area contributed by atoms with Gasteiger partial charge in [-0.05, 0) is 43.9 Å². The average Bonchev–Trinajstić information content (AvgIpc) is 2.63. The summed E-state index contributed by atoms with van der Waals surface area (Å²) in [4.78, 5) is 39.1. The van der Waals surface area contributed by atoms with E-state index in [4.69, 9.17) is 4.74 Å². The zero-order chi connectivity index (χ0) is 20.1. The van der Waals surface area contributed by atoms with Gasteiger partial charge in [-0.1, -0.05) is 27.7 Å². The SMILES string of the molecule is CCCC(=O)c1ccc2c(c1)N(CC(=O)NC(C)CC)C(=O)C(C(C)C)O2. The molecule has 2 atom stereocenters. The number of Topliss-reactive ketones (excluding diaryl/α,β-unsaturated/α-hetero) is 1. The lowest BCUT2D eigenvalue weighted by Crippen LogP contribution is -2.52. The van der Waals surface area contributed by atoms with E-state index < -0.39 is 6.10 Å². The highest BCUT2D eigenvalue weighted by Gasteiger charge is 2.37. The monoisotopic (exact) mass is 374 g/mol. The Labute approximate surface area is 161 Å². The minimum absolute atomic E-state index is 0.0164. The van der Waals surface area contributed by atoms with Crippen molar-refractivity contribution < 1.29 is 19.1 Å². The first-order valence-corrected chi connectivity index (χ1v) is 9.73. The van der Waals surface area contributed by atoms with Crippen LogP contribution in [-0.4, -0.2) is 36.3 Å². The number of ketones is 1. The Hall–Kier alpha value is -2.37. The number of nitrogens with zero attached hydrogens (tertiary/aromatic N) is 1. The highest BCUT2D eigenvalue weighted by Crippen LogP contribution is 2.36. The molecule has 0 saturated heterocycles. The highest BCUT2D eigenvalue weighted by molar-refractivity contribution is 6.05. The second kappa shape index (κ2) is 9.02. The van der Waals surface area contributed by atoms with Crippen molar-refractivity contribution in [3.05, 3.63) is 23.8 Å². The lowest BCUT2D eigenvalue weighted by atomic mass is 10.0. The van der Waals surface area contributed by atoms with E-state index in [9.17, 15) is 14.4 Å². The molecule has 0 saturated carbocycles. The Morgan fingerprint density at radius 2 is 1.93 bits per heavy atom. The van der Waals surface area contributed by atoms with Gasteiger partial charge in [0.25, 0.3) is 5.91 Å². The van der Waals surface area contributed by atoms with Gasteiger partial charge in [0.1, 0.15) is 12.3 Å². The van der Waals surface area contributed by atoms with Crippen LogP contribution in [-0.2, 0) is 9.59 Å². The molecule has 0 spiro atoms. The first-order valence-electron chi connectivity index (χ1n) is 9.73. The molecule has 27 heavy (non-hydrogen) atoms. The maximum atomic E-state index is 13.0. The summed E-state index contributed by atoms with van der Waals surface area (Å²) < 4.78 is 5.88. The minimum Gasteiger partial charge on any atom is -0.478 e. The Balaban J connectivity index is 2.37. The molecule has 1 heterocycles. The van der Waals surface area contributed by atoms with Crippen molar-refractivity contribution in [2.75, 3.05) is 11.4 Å². The number of ether oxygens (including phenoxy) is 1. The molecule has 6 nitrogen and oxygen atoms in total. The number of fused-ring (bicyclic) bond motifs is 1. The van der Waals surface area contributed by atoms with Crippen LogP contribution in [0, 0.1) is 5.92 Å². The molecule has 1 aromatic carbocycles. The van der Waals surface area contributed by atoms with Crippen LogP contribution >= 0.6 is 0 Å². The summed E-state index contributed by atoms with van der Waals surface area (Å²) in [6.45, 7) is 9.58. The van der Waals surface area contributed by atoms with E-state index in [-0.39, 0.29) is 36.1 Å². The van der Waals surface area contributed by atoms with Crippen molar-refractivity contribution in [1.82, 2.24) is 5.32 Å². The van der Waals surface area contributed by atoms with E-state index in [0.29, 0.717) is 23.4 Å². The molecular formula is C21H30N2O4. The molecule has 0 radical (unpaired) electrons. The molecule has 2 amide bonds. The van der Waals surface area contributed by atoms with E-state index >= 15 is 0 Å². The second-order valence-corrected chi connectivity index (χ2v) is 7.44. The van der Waals surface area contributed by atoms with Crippen molar-refractivity contribution in [2.45, 2.75) is 66.0 Å². The minimum atomic E-state index is -0.647. The molecule has 0 aliphatic carbocycles. The number of carbonyl (C=O) groups excluding carboxylic acids is 3. The summed E-state index contributed by atoms with van der Waals surface area (Å²) in [5, 5.41) is 2.89. The number of nitrogens with one attached hydrogen (secondary N) is 1. The Bertz CT molecular complexity index is 714. The van der Waals surface area contributed by atoms with Gasteiger partial charge in [0.2, 0.25) is 5.91 Å². The lowest BCUT2D eigenvalue weighted by Gasteiger charge is -2.36. The molecular weight excluding hydrogens is 344 g/mol. The van der Waals surface area contributed by atoms with Crippen molar-refractivity contribution in [3.63, 3.8) is 0 Å². The van der Waals surface area contributed by atoms with Crippen LogP contribution in [0.25, 0.3) is 0 Å². The predicted molar refractivity (Wildman–Crippen MR) is 105 cm³/mol. The second-order valence-electron chi connectivity index (χ2n) is 7.44. The zero-order valence-electron chi connectivity index (χ0n) is 16.9. The highest BCUT2D eigenvalue weighted by atomic mass is 16.5. The summed E-state index contributed by atoms with van der Waals surface area (Å²) in [6, 6.07) is 5.14. The molecule has 1 aromatic rings. The molecule has 1 aliphatic rings. The smallest absolute Gasteiger partial charge is 0.268 e. The van der Waals surface area contributed by atoms with Gasteiger partial charge in [0, 0.05) is 18.0 Å². The molecule has 6 heteroatoms. The molecule has 2 unspecified atom stereocenters. The third-order valence-electron chi connectivity index (χ3n) is 4.74. The summed E-state index contributed by atoms with van der Waals surface area (Å²) in [6.07, 6.45) is 1.36. The van der Waals surface area contributed by atoms with Crippen molar-refractivity contribution in [2.24, 2.45) is 5.92 Å². The van der Waals surface area contributed by atoms with Crippen LogP contribution in [0.4, 0.5) is 5.69 Å². The van der Waals surface area contributed by atoms with Crippen molar-refractivity contribution in [3.8, 4) is 5.75 Å². The van der Waals surface area contributed by atoms with Gasteiger partial charge in [-0.15, -0.1) is 0 Å². The van der Waals surface area contributed by atoms with Crippen LogP contribution in [0.1, 0.15) is 64.2 Å². The van der Waals surface area contributed by atoms with Crippen LogP contribution in [0.3, 0.4) is 0 Å². The molecule has 0 aromatic heterocycles. The maximum Gasteiger partial charge on any atom is 0.268 e. The summed E-state index contributed by atoms with van der Waals surface area (Å²) >= 11 is 0. The van der Waals surface area contributed by atoms with Gasteiger partial charge < -0.3 is 10.1 Å². The van der Waals surface area contributed by atoms with Gasteiger partial charge in [0.15, 0.2) is 11.9 Å².